The molecule has 4 nitrogen and oxygen atoms in total. The van der Waals surface area contributed by atoms with Gasteiger partial charge in [0.2, 0.25) is 5.95 Å². The molecular weight excluding hydrogens is 226 g/mol. The van der Waals surface area contributed by atoms with Crippen LogP contribution in [0.15, 0.2) is 48.7 Å². The van der Waals surface area contributed by atoms with Gasteiger partial charge in [-0.3, -0.25) is 0 Å². The van der Waals surface area contributed by atoms with E-state index in [1.165, 1.54) is 0 Å². The standard InChI is InChI=1S/C14H11N3O/c15-14-16-8-11-6-10(4-5-13(11)17-14)9-2-1-3-12(18)7-9/h1-8,18H,(H2,15,16,17). The summed E-state index contributed by atoms with van der Waals surface area (Å²) in [5.74, 6) is 0.522. The molecule has 0 aliphatic heterocycles. The van der Waals surface area contributed by atoms with E-state index in [0.29, 0.717) is 0 Å². The fourth-order valence-corrected chi connectivity index (χ4v) is 1.91. The number of nitrogen functional groups attached to an aromatic ring is 1. The molecule has 0 aliphatic carbocycles. The first-order valence-electron chi connectivity index (χ1n) is 5.54. The second-order valence-electron chi connectivity index (χ2n) is 4.05. The molecular formula is C14H11N3O. The van der Waals surface area contributed by atoms with E-state index >= 15 is 0 Å². The van der Waals surface area contributed by atoms with E-state index in [9.17, 15) is 5.11 Å². The van der Waals surface area contributed by atoms with Crippen molar-refractivity contribution in [2.45, 2.75) is 0 Å². The molecule has 4 heteroatoms. The van der Waals surface area contributed by atoms with E-state index < -0.39 is 0 Å². The Morgan fingerprint density at radius 3 is 2.67 bits per heavy atom. The number of anilines is 1. The fourth-order valence-electron chi connectivity index (χ4n) is 1.91. The smallest absolute Gasteiger partial charge is 0.220 e. The summed E-state index contributed by atoms with van der Waals surface area (Å²) in [5.41, 5.74) is 8.31. The van der Waals surface area contributed by atoms with Gasteiger partial charge in [-0.2, -0.15) is 0 Å². The zero-order chi connectivity index (χ0) is 12.5. The molecule has 3 aromatic rings. The van der Waals surface area contributed by atoms with Gasteiger partial charge in [-0.05, 0) is 35.4 Å². The van der Waals surface area contributed by atoms with E-state index in [0.717, 1.165) is 22.0 Å². The van der Waals surface area contributed by atoms with Gasteiger partial charge in [0.25, 0.3) is 0 Å². The third-order valence-corrected chi connectivity index (χ3v) is 2.78. The zero-order valence-corrected chi connectivity index (χ0v) is 9.54. The van der Waals surface area contributed by atoms with Crippen LogP contribution in [0.4, 0.5) is 5.95 Å². The normalized spacial score (nSPS) is 10.7. The number of hydrogen-bond donors (Lipinski definition) is 2. The van der Waals surface area contributed by atoms with Gasteiger partial charge in [-0.25, -0.2) is 9.97 Å². The molecule has 18 heavy (non-hydrogen) atoms. The number of nitrogens with zero attached hydrogens (tertiary/aromatic N) is 2. The molecule has 0 amide bonds. The van der Waals surface area contributed by atoms with Crippen LogP contribution in [0.5, 0.6) is 5.75 Å². The predicted molar refractivity (Wildman–Crippen MR) is 71.1 cm³/mol. The second kappa shape index (κ2) is 4.00. The molecule has 88 valence electrons. The highest BCUT2D eigenvalue weighted by molar-refractivity contribution is 5.84. The highest BCUT2D eigenvalue weighted by Crippen LogP contribution is 2.26. The van der Waals surface area contributed by atoms with E-state index in [2.05, 4.69) is 9.97 Å². The van der Waals surface area contributed by atoms with E-state index in [1.54, 1.807) is 18.3 Å². The van der Waals surface area contributed by atoms with Gasteiger partial charge < -0.3 is 10.8 Å². The first kappa shape index (κ1) is 10.5. The van der Waals surface area contributed by atoms with Gasteiger partial charge >= 0.3 is 0 Å². The Morgan fingerprint density at radius 2 is 1.83 bits per heavy atom. The lowest BCUT2D eigenvalue weighted by Gasteiger charge is -2.04. The summed E-state index contributed by atoms with van der Waals surface area (Å²) in [6.45, 7) is 0. The van der Waals surface area contributed by atoms with E-state index in [-0.39, 0.29) is 11.7 Å². The van der Waals surface area contributed by atoms with Crippen LogP contribution in [-0.4, -0.2) is 15.1 Å². The van der Waals surface area contributed by atoms with Crippen LogP contribution in [0.3, 0.4) is 0 Å². The van der Waals surface area contributed by atoms with Crippen LogP contribution >= 0.6 is 0 Å². The largest absolute Gasteiger partial charge is 0.508 e. The molecule has 3 N–H and O–H groups in total. The van der Waals surface area contributed by atoms with Crippen molar-refractivity contribution in [3.05, 3.63) is 48.7 Å². The number of phenolic OH excluding ortho intramolecular Hbond substituents is 1. The molecule has 1 heterocycles. The van der Waals surface area contributed by atoms with E-state index in [1.807, 2.05) is 30.3 Å². The monoisotopic (exact) mass is 237 g/mol. The van der Waals surface area contributed by atoms with Crippen molar-refractivity contribution in [1.29, 1.82) is 0 Å². The quantitative estimate of drug-likeness (QED) is 0.682. The van der Waals surface area contributed by atoms with Crippen LogP contribution in [0, 0.1) is 0 Å². The Labute approximate surface area is 104 Å². The maximum atomic E-state index is 9.48. The minimum atomic E-state index is 0.251. The highest BCUT2D eigenvalue weighted by atomic mass is 16.3. The minimum Gasteiger partial charge on any atom is -0.508 e. The zero-order valence-electron chi connectivity index (χ0n) is 9.54. The SMILES string of the molecule is Nc1ncc2cc(-c3cccc(O)c3)ccc2n1. The number of fused-ring (bicyclic) bond motifs is 1. The maximum absolute atomic E-state index is 9.48. The molecule has 0 unspecified atom stereocenters. The topological polar surface area (TPSA) is 72.0 Å². The van der Waals surface area contributed by atoms with Crippen molar-refractivity contribution in [1.82, 2.24) is 9.97 Å². The van der Waals surface area contributed by atoms with E-state index in [4.69, 9.17) is 5.73 Å². The summed E-state index contributed by atoms with van der Waals surface area (Å²) in [4.78, 5) is 8.12. The number of aromatic hydroxyl groups is 1. The second-order valence-corrected chi connectivity index (χ2v) is 4.05. The maximum Gasteiger partial charge on any atom is 0.220 e. The summed E-state index contributed by atoms with van der Waals surface area (Å²) >= 11 is 0. The van der Waals surface area contributed by atoms with Crippen LogP contribution in [0.1, 0.15) is 0 Å². The van der Waals surface area contributed by atoms with Gasteiger partial charge in [0, 0.05) is 11.6 Å². The summed E-state index contributed by atoms with van der Waals surface area (Å²) in [6.07, 6.45) is 1.70. The Kier molecular flexibility index (Phi) is 2.34. The third kappa shape index (κ3) is 1.84. The molecule has 0 fully saturated rings. The number of hydrogen-bond acceptors (Lipinski definition) is 4. The Morgan fingerprint density at radius 1 is 1.00 bits per heavy atom. The number of aromatic nitrogens is 2. The van der Waals surface area contributed by atoms with Crippen molar-refractivity contribution in [3.63, 3.8) is 0 Å². The first-order chi connectivity index (χ1) is 8.72. The molecule has 0 saturated carbocycles. The fraction of sp³-hybridized carbons (Fsp3) is 0. The summed E-state index contributed by atoms with van der Waals surface area (Å²) < 4.78 is 0. The molecule has 0 bridgehead atoms. The summed E-state index contributed by atoms with van der Waals surface area (Å²) in [6, 6.07) is 12.9. The predicted octanol–water partition coefficient (Wildman–Crippen LogP) is 2.58. The number of benzene rings is 2. The van der Waals surface area contributed by atoms with Crippen LogP contribution in [-0.2, 0) is 0 Å². The molecule has 3 rings (SSSR count). The van der Waals surface area contributed by atoms with Crippen molar-refractivity contribution < 1.29 is 5.11 Å². The number of rotatable bonds is 1. The van der Waals surface area contributed by atoms with Gasteiger partial charge in [0.15, 0.2) is 0 Å². The molecule has 0 radical (unpaired) electrons. The van der Waals surface area contributed by atoms with Gasteiger partial charge in [0.05, 0.1) is 5.52 Å². The molecule has 2 aromatic carbocycles. The van der Waals surface area contributed by atoms with Crippen LogP contribution in [0.2, 0.25) is 0 Å². The van der Waals surface area contributed by atoms with Crippen LogP contribution < -0.4 is 5.73 Å². The molecule has 0 aliphatic rings. The highest BCUT2D eigenvalue weighted by Gasteiger charge is 2.02. The molecule has 0 saturated heterocycles. The van der Waals surface area contributed by atoms with Crippen molar-refractivity contribution >= 4 is 16.9 Å². The first-order valence-corrected chi connectivity index (χ1v) is 5.54. The molecule has 0 spiro atoms. The van der Waals surface area contributed by atoms with Gasteiger partial charge in [-0.1, -0.05) is 18.2 Å². The lowest BCUT2D eigenvalue weighted by molar-refractivity contribution is 0.475. The number of nitrogens with two attached hydrogens (primary N) is 1. The Balaban J connectivity index is 2.16. The van der Waals surface area contributed by atoms with Crippen molar-refractivity contribution in [2.24, 2.45) is 0 Å². The third-order valence-electron chi connectivity index (χ3n) is 2.78. The van der Waals surface area contributed by atoms with Crippen LogP contribution in [0.25, 0.3) is 22.0 Å². The number of phenols is 1. The minimum absolute atomic E-state index is 0.251. The summed E-state index contributed by atoms with van der Waals surface area (Å²) in [7, 11) is 0. The van der Waals surface area contributed by atoms with Crippen molar-refractivity contribution in [3.8, 4) is 16.9 Å². The molecule has 0 atom stereocenters. The average molecular weight is 237 g/mol. The van der Waals surface area contributed by atoms with Gasteiger partial charge in [-0.15, -0.1) is 0 Å². The summed E-state index contributed by atoms with van der Waals surface area (Å²) in [5, 5.41) is 10.4. The lowest BCUT2D eigenvalue weighted by Crippen LogP contribution is -1.93. The van der Waals surface area contributed by atoms with Crippen molar-refractivity contribution in [2.75, 3.05) is 5.73 Å². The Bertz CT molecular complexity index is 725. The van der Waals surface area contributed by atoms with Gasteiger partial charge in [0.1, 0.15) is 5.75 Å². The molecule has 1 aromatic heterocycles. The lowest BCUT2D eigenvalue weighted by atomic mass is 10.0. The average Bonchev–Trinajstić information content (AvgIpc) is 2.38. The Hall–Kier alpha value is -2.62.